The average Bonchev–Trinajstić information content (AvgIpc) is 2.94. The SMILES string of the molecule is CN[C@@H]1CCc2c(c3cc(S(=O)(=O)c4ccccc4)ccc3n2C)C1. The zero-order valence-electron chi connectivity index (χ0n) is 14.5. The molecule has 1 N–H and O–H groups in total. The van der Waals surface area contributed by atoms with E-state index in [1.807, 2.05) is 25.2 Å². The van der Waals surface area contributed by atoms with Gasteiger partial charge in [-0.25, -0.2) is 8.42 Å². The summed E-state index contributed by atoms with van der Waals surface area (Å²) in [5.41, 5.74) is 3.72. The van der Waals surface area contributed by atoms with Gasteiger partial charge in [-0.15, -0.1) is 0 Å². The van der Waals surface area contributed by atoms with Crippen LogP contribution in [0.25, 0.3) is 10.9 Å². The third kappa shape index (κ3) is 2.58. The van der Waals surface area contributed by atoms with E-state index in [4.69, 9.17) is 0 Å². The van der Waals surface area contributed by atoms with Gasteiger partial charge in [-0.2, -0.15) is 0 Å². The smallest absolute Gasteiger partial charge is 0.206 e. The molecule has 0 saturated carbocycles. The molecule has 1 atom stereocenters. The van der Waals surface area contributed by atoms with E-state index in [0.717, 1.165) is 30.2 Å². The number of likely N-dealkylation sites (N-methyl/N-ethyl adjacent to an activating group) is 1. The van der Waals surface area contributed by atoms with Crippen LogP contribution in [0.2, 0.25) is 0 Å². The van der Waals surface area contributed by atoms with Gasteiger partial charge in [-0.05, 0) is 62.2 Å². The van der Waals surface area contributed by atoms with Crippen LogP contribution < -0.4 is 5.32 Å². The van der Waals surface area contributed by atoms with E-state index < -0.39 is 9.84 Å². The molecule has 0 saturated heterocycles. The van der Waals surface area contributed by atoms with E-state index in [2.05, 4.69) is 16.9 Å². The Kier molecular flexibility index (Phi) is 3.93. The van der Waals surface area contributed by atoms with Crippen molar-refractivity contribution < 1.29 is 8.42 Å². The maximum absolute atomic E-state index is 13.0. The molecule has 25 heavy (non-hydrogen) atoms. The quantitative estimate of drug-likeness (QED) is 0.786. The number of nitrogens with zero attached hydrogens (tertiary/aromatic N) is 1. The van der Waals surface area contributed by atoms with E-state index in [9.17, 15) is 8.42 Å². The van der Waals surface area contributed by atoms with Gasteiger partial charge in [-0.1, -0.05) is 18.2 Å². The van der Waals surface area contributed by atoms with E-state index >= 15 is 0 Å². The lowest BCUT2D eigenvalue weighted by Crippen LogP contribution is -2.31. The summed E-state index contributed by atoms with van der Waals surface area (Å²) in [6.07, 6.45) is 3.08. The van der Waals surface area contributed by atoms with Gasteiger partial charge < -0.3 is 9.88 Å². The van der Waals surface area contributed by atoms with Crippen molar-refractivity contribution in [2.24, 2.45) is 7.05 Å². The van der Waals surface area contributed by atoms with Crippen LogP contribution >= 0.6 is 0 Å². The second-order valence-electron chi connectivity index (χ2n) is 6.71. The molecule has 1 aliphatic rings. The number of fused-ring (bicyclic) bond motifs is 3. The minimum absolute atomic E-state index is 0.340. The Morgan fingerprint density at radius 1 is 1.08 bits per heavy atom. The molecular weight excluding hydrogens is 332 g/mol. The topological polar surface area (TPSA) is 51.1 Å². The number of rotatable bonds is 3. The summed E-state index contributed by atoms with van der Waals surface area (Å²) in [4.78, 5) is 0.707. The van der Waals surface area contributed by atoms with E-state index in [-0.39, 0.29) is 0 Å². The number of aromatic nitrogens is 1. The molecule has 0 aliphatic heterocycles. The molecule has 1 heterocycles. The monoisotopic (exact) mass is 354 g/mol. The van der Waals surface area contributed by atoms with Crippen molar-refractivity contribution in [2.75, 3.05) is 7.05 Å². The van der Waals surface area contributed by atoms with Crippen molar-refractivity contribution in [1.29, 1.82) is 0 Å². The zero-order chi connectivity index (χ0) is 17.6. The van der Waals surface area contributed by atoms with Gasteiger partial charge in [0.05, 0.1) is 9.79 Å². The lowest BCUT2D eigenvalue weighted by atomic mass is 9.91. The molecule has 1 aliphatic carbocycles. The van der Waals surface area contributed by atoms with Gasteiger partial charge in [0.1, 0.15) is 0 Å². The molecule has 130 valence electrons. The standard InChI is InChI=1S/C20H22N2O2S/c1-21-14-8-10-19-17(12-14)18-13-16(9-11-20(18)22(19)2)25(23,24)15-6-4-3-5-7-15/h3-7,9,11,13-14,21H,8,10,12H2,1-2H3/t14-/m1/s1. The Balaban J connectivity index is 1.89. The summed E-state index contributed by atoms with van der Waals surface area (Å²) in [6, 6.07) is 14.6. The molecule has 0 radical (unpaired) electrons. The van der Waals surface area contributed by atoms with Crippen LogP contribution in [0, 0.1) is 0 Å². The maximum Gasteiger partial charge on any atom is 0.206 e. The van der Waals surface area contributed by atoms with E-state index in [1.165, 1.54) is 11.3 Å². The molecule has 4 nitrogen and oxygen atoms in total. The van der Waals surface area contributed by atoms with Crippen LogP contribution in [-0.2, 0) is 29.7 Å². The second kappa shape index (κ2) is 6.00. The first kappa shape index (κ1) is 16.4. The van der Waals surface area contributed by atoms with Crippen molar-refractivity contribution in [3.05, 3.63) is 59.8 Å². The van der Waals surface area contributed by atoms with Crippen LogP contribution in [-0.4, -0.2) is 26.1 Å². The summed E-state index contributed by atoms with van der Waals surface area (Å²) in [6.45, 7) is 0. The fraction of sp³-hybridized carbons (Fsp3) is 0.300. The molecule has 0 amide bonds. The van der Waals surface area contributed by atoms with Gasteiger partial charge in [-0.3, -0.25) is 0 Å². The van der Waals surface area contributed by atoms with Crippen LogP contribution in [0.1, 0.15) is 17.7 Å². The zero-order valence-corrected chi connectivity index (χ0v) is 15.3. The Bertz CT molecular complexity index is 1040. The molecule has 0 spiro atoms. The number of sulfone groups is 1. The number of hydrogen-bond acceptors (Lipinski definition) is 3. The van der Waals surface area contributed by atoms with Crippen molar-refractivity contribution in [3.8, 4) is 0 Å². The Hall–Kier alpha value is -2.11. The Labute approximate surface area is 148 Å². The number of nitrogens with one attached hydrogen (secondary N) is 1. The lowest BCUT2D eigenvalue weighted by molar-refractivity contribution is 0.488. The fourth-order valence-corrected chi connectivity index (χ4v) is 5.22. The Morgan fingerprint density at radius 3 is 2.56 bits per heavy atom. The minimum atomic E-state index is -3.49. The first-order chi connectivity index (χ1) is 12.0. The highest BCUT2D eigenvalue weighted by atomic mass is 32.2. The van der Waals surface area contributed by atoms with Crippen molar-refractivity contribution >= 4 is 20.7 Å². The molecule has 0 unspecified atom stereocenters. The highest BCUT2D eigenvalue weighted by molar-refractivity contribution is 7.91. The molecule has 0 bridgehead atoms. The Morgan fingerprint density at radius 2 is 1.84 bits per heavy atom. The molecule has 0 fully saturated rings. The third-order valence-electron chi connectivity index (χ3n) is 5.36. The summed E-state index contributed by atoms with van der Waals surface area (Å²) in [5.74, 6) is 0. The maximum atomic E-state index is 13.0. The largest absolute Gasteiger partial charge is 0.347 e. The van der Waals surface area contributed by atoms with Gasteiger partial charge in [0, 0.05) is 29.7 Å². The van der Waals surface area contributed by atoms with Crippen LogP contribution in [0.5, 0.6) is 0 Å². The predicted octanol–water partition coefficient (Wildman–Crippen LogP) is 3.09. The number of aryl methyl sites for hydroxylation is 1. The fourth-order valence-electron chi connectivity index (χ4n) is 3.91. The van der Waals surface area contributed by atoms with Crippen molar-refractivity contribution in [3.63, 3.8) is 0 Å². The molecule has 4 rings (SSSR count). The highest BCUT2D eigenvalue weighted by Crippen LogP contribution is 2.34. The number of benzene rings is 2. The summed E-state index contributed by atoms with van der Waals surface area (Å²) in [7, 11) is 0.576. The van der Waals surface area contributed by atoms with E-state index in [1.54, 1.807) is 30.3 Å². The molecule has 3 aromatic rings. The first-order valence-corrected chi connectivity index (χ1v) is 10.1. The van der Waals surface area contributed by atoms with Crippen molar-refractivity contribution in [1.82, 2.24) is 9.88 Å². The third-order valence-corrected chi connectivity index (χ3v) is 7.13. The van der Waals surface area contributed by atoms with Gasteiger partial charge in [0.2, 0.25) is 9.84 Å². The first-order valence-electron chi connectivity index (χ1n) is 8.60. The van der Waals surface area contributed by atoms with Crippen LogP contribution in [0.4, 0.5) is 0 Å². The summed E-state index contributed by atoms with van der Waals surface area (Å²) < 4.78 is 28.1. The van der Waals surface area contributed by atoms with Crippen LogP contribution in [0.3, 0.4) is 0 Å². The molecule has 5 heteroatoms. The van der Waals surface area contributed by atoms with Crippen molar-refractivity contribution in [2.45, 2.75) is 35.1 Å². The average molecular weight is 354 g/mol. The van der Waals surface area contributed by atoms with Crippen LogP contribution in [0.15, 0.2) is 58.3 Å². The lowest BCUT2D eigenvalue weighted by Gasteiger charge is -2.22. The van der Waals surface area contributed by atoms with Gasteiger partial charge in [0.25, 0.3) is 0 Å². The summed E-state index contributed by atoms with van der Waals surface area (Å²) >= 11 is 0. The van der Waals surface area contributed by atoms with E-state index in [0.29, 0.717) is 15.8 Å². The highest BCUT2D eigenvalue weighted by Gasteiger charge is 2.25. The van der Waals surface area contributed by atoms with Gasteiger partial charge >= 0.3 is 0 Å². The normalized spacial score (nSPS) is 17.6. The molecular formula is C20H22N2O2S. The molecule has 1 aromatic heterocycles. The second-order valence-corrected chi connectivity index (χ2v) is 8.66. The minimum Gasteiger partial charge on any atom is -0.347 e. The predicted molar refractivity (Wildman–Crippen MR) is 99.7 cm³/mol. The molecule has 2 aromatic carbocycles. The summed E-state index contributed by atoms with van der Waals surface area (Å²) in [5, 5.41) is 4.43. The number of hydrogen-bond donors (Lipinski definition) is 1. The van der Waals surface area contributed by atoms with Gasteiger partial charge in [0.15, 0.2) is 0 Å².